The van der Waals surface area contributed by atoms with E-state index in [1.165, 1.54) is 4.90 Å². The molecule has 1 aliphatic rings. The summed E-state index contributed by atoms with van der Waals surface area (Å²) in [7, 11) is 0. The zero-order chi connectivity index (χ0) is 18.4. The van der Waals surface area contributed by atoms with Crippen LogP contribution in [0.5, 0.6) is 0 Å². The largest absolute Gasteiger partial charge is 0.375 e. The number of Topliss-reactive ketones (excluding diaryl/α,β-unsaturated/α-hetero) is 1. The van der Waals surface area contributed by atoms with E-state index in [1.54, 1.807) is 18.2 Å². The lowest BCUT2D eigenvalue weighted by Crippen LogP contribution is -2.41. The zero-order valence-corrected chi connectivity index (χ0v) is 16.1. The molecule has 2 aromatic carbocycles. The van der Waals surface area contributed by atoms with Gasteiger partial charge < -0.3 is 10.0 Å². The van der Waals surface area contributed by atoms with Gasteiger partial charge in [0.15, 0.2) is 11.4 Å². The summed E-state index contributed by atoms with van der Waals surface area (Å²) in [6.07, 6.45) is -0.268. The van der Waals surface area contributed by atoms with E-state index in [0.717, 1.165) is 15.6 Å². The molecule has 25 heavy (non-hydrogen) atoms. The average molecular weight is 402 g/mol. The Bertz CT molecular complexity index is 877. The summed E-state index contributed by atoms with van der Waals surface area (Å²) in [5, 5.41) is 11.2. The average Bonchev–Trinajstić information content (AvgIpc) is 2.77. The van der Waals surface area contributed by atoms with E-state index >= 15 is 0 Å². The monoisotopic (exact) mass is 401 g/mol. The molecule has 0 aromatic heterocycles. The summed E-state index contributed by atoms with van der Waals surface area (Å²) in [4.78, 5) is 27.3. The number of aliphatic hydroxyl groups is 1. The highest BCUT2D eigenvalue weighted by molar-refractivity contribution is 9.10. The highest BCUT2D eigenvalue weighted by atomic mass is 79.9. The Morgan fingerprint density at radius 1 is 1.20 bits per heavy atom. The summed E-state index contributed by atoms with van der Waals surface area (Å²) in [6, 6.07) is 11.0. The maximum atomic E-state index is 12.9. The van der Waals surface area contributed by atoms with Crippen molar-refractivity contribution in [2.45, 2.75) is 32.8 Å². The van der Waals surface area contributed by atoms with Crippen molar-refractivity contribution in [1.29, 1.82) is 0 Å². The van der Waals surface area contributed by atoms with Crippen molar-refractivity contribution in [1.82, 2.24) is 0 Å². The highest BCUT2D eigenvalue weighted by Gasteiger charge is 2.50. The van der Waals surface area contributed by atoms with Gasteiger partial charge in [0.05, 0.1) is 12.1 Å². The highest BCUT2D eigenvalue weighted by Crippen LogP contribution is 2.44. The molecule has 0 spiro atoms. The van der Waals surface area contributed by atoms with Crippen molar-refractivity contribution in [3.63, 3.8) is 0 Å². The van der Waals surface area contributed by atoms with E-state index in [2.05, 4.69) is 15.9 Å². The van der Waals surface area contributed by atoms with Crippen molar-refractivity contribution in [3.05, 3.63) is 63.1 Å². The number of amides is 1. The van der Waals surface area contributed by atoms with Crippen molar-refractivity contribution in [3.8, 4) is 0 Å². The lowest BCUT2D eigenvalue weighted by molar-refractivity contribution is -0.135. The normalized spacial score (nSPS) is 19.2. The van der Waals surface area contributed by atoms with Crippen molar-refractivity contribution >= 4 is 33.3 Å². The molecule has 1 amide bonds. The van der Waals surface area contributed by atoms with E-state index in [0.29, 0.717) is 23.4 Å². The van der Waals surface area contributed by atoms with Gasteiger partial charge >= 0.3 is 0 Å². The minimum absolute atomic E-state index is 0.235. The third-order valence-electron chi connectivity index (χ3n) is 4.72. The van der Waals surface area contributed by atoms with Crippen LogP contribution in [0.2, 0.25) is 0 Å². The maximum Gasteiger partial charge on any atom is 0.264 e. The van der Waals surface area contributed by atoms with Crippen LogP contribution in [0.1, 0.15) is 40.4 Å². The van der Waals surface area contributed by atoms with Gasteiger partial charge in [0.2, 0.25) is 0 Å². The van der Waals surface area contributed by atoms with E-state index in [4.69, 9.17) is 0 Å². The third-order valence-corrected chi connectivity index (χ3v) is 5.21. The smallest absolute Gasteiger partial charge is 0.264 e. The molecule has 0 saturated carbocycles. The van der Waals surface area contributed by atoms with E-state index < -0.39 is 11.5 Å². The van der Waals surface area contributed by atoms with Crippen LogP contribution in [-0.2, 0) is 10.4 Å². The van der Waals surface area contributed by atoms with Gasteiger partial charge in [-0.2, -0.15) is 0 Å². The van der Waals surface area contributed by atoms with Gasteiger partial charge in [-0.05, 0) is 50.6 Å². The van der Waals surface area contributed by atoms with Crippen LogP contribution in [-0.4, -0.2) is 23.3 Å². The number of rotatable bonds is 4. The Morgan fingerprint density at radius 2 is 1.92 bits per heavy atom. The second-order valence-corrected chi connectivity index (χ2v) is 7.41. The van der Waals surface area contributed by atoms with Gasteiger partial charge in [-0.1, -0.05) is 33.6 Å². The summed E-state index contributed by atoms with van der Waals surface area (Å²) in [5.74, 6) is -0.678. The predicted octanol–water partition coefficient (Wildman–Crippen LogP) is 3.89. The number of anilines is 1. The summed E-state index contributed by atoms with van der Waals surface area (Å²) in [5.41, 5.74) is 1.66. The Labute approximate surface area is 155 Å². The second kappa shape index (κ2) is 6.39. The summed E-state index contributed by atoms with van der Waals surface area (Å²) < 4.78 is 0.759. The Morgan fingerprint density at radius 3 is 2.60 bits per heavy atom. The van der Waals surface area contributed by atoms with Crippen LogP contribution in [0.3, 0.4) is 0 Å². The predicted molar refractivity (Wildman–Crippen MR) is 101 cm³/mol. The molecule has 0 fully saturated rings. The first kappa shape index (κ1) is 17.8. The molecule has 5 heteroatoms. The number of hydrogen-bond donors (Lipinski definition) is 1. The lowest BCUT2D eigenvalue weighted by Gasteiger charge is -2.22. The molecule has 1 aliphatic heterocycles. The molecular weight excluding hydrogens is 382 g/mol. The number of carbonyl (C=O) groups excluding carboxylic acids is 2. The number of nitrogens with zero attached hydrogens (tertiary/aromatic N) is 1. The molecule has 0 saturated heterocycles. The molecule has 1 atom stereocenters. The first-order valence-electron chi connectivity index (χ1n) is 8.22. The molecule has 130 valence electrons. The third kappa shape index (κ3) is 2.92. The standard InChI is InChI=1S/C20H20BrNO3/c1-4-22-17-8-7-14(21)10-16(17)20(25,19(22)24)11-18(23)15-9-12(2)5-6-13(15)3/h5-10,25H,4,11H2,1-3H3. The van der Waals surface area contributed by atoms with Crippen LogP contribution >= 0.6 is 15.9 Å². The molecule has 0 bridgehead atoms. The molecule has 1 unspecified atom stereocenters. The minimum atomic E-state index is -1.83. The SMILES string of the molecule is CCN1C(=O)C(O)(CC(=O)c2cc(C)ccc2C)c2cc(Br)ccc21. The van der Waals surface area contributed by atoms with Crippen LogP contribution in [0.15, 0.2) is 40.9 Å². The first-order chi connectivity index (χ1) is 11.8. The topological polar surface area (TPSA) is 57.6 Å². The molecule has 0 aliphatic carbocycles. The molecule has 2 aromatic rings. The summed E-state index contributed by atoms with van der Waals surface area (Å²) in [6.45, 7) is 6.06. The second-order valence-electron chi connectivity index (χ2n) is 6.49. The van der Waals surface area contributed by atoms with Crippen LogP contribution in [0, 0.1) is 13.8 Å². The fourth-order valence-electron chi connectivity index (χ4n) is 3.37. The molecule has 1 heterocycles. The van der Waals surface area contributed by atoms with E-state index in [1.807, 2.05) is 39.0 Å². The molecule has 1 N–H and O–H groups in total. The van der Waals surface area contributed by atoms with Crippen molar-refractivity contribution in [2.75, 3.05) is 11.4 Å². The number of halogens is 1. The lowest BCUT2D eigenvalue weighted by atomic mass is 9.87. The number of fused-ring (bicyclic) bond motifs is 1. The zero-order valence-electron chi connectivity index (χ0n) is 14.5. The van der Waals surface area contributed by atoms with Gasteiger partial charge in [0.1, 0.15) is 0 Å². The van der Waals surface area contributed by atoms with Gasteiger partial charge in [-0.25, -0.2) is 0 Å². The molecule has 0 radical (unpaired) electrons. The number of carbonyl (C=O) groups is 2. The number of benzene rings is 2. The maximum absolute atomic E-state index is 12.9. The number of likely N-dealkylation sites (N-methyl/N-ethyl adjacent to an activating group) is 1. The fourth-order valence-corrected chi connectivity index (χ4v) is 3.73. The Hall–Kier alpha value is -1.98. The first-order valence-corrected chi connectivity index (χ1v) is 9.02. The van der Waals surface area contributed by atoms with Crippen LogP contribution in [0.25, 0.3) is 0 Å². The van der Waals surface area contributed by atoms with Gasteiger partial charge in [-0.15, -0.1) is 0 Å². The van der Waals surface area contributed by atoms with Crippen molar-refractivity contribution < 1.29 is 14.7 Å². The minimum Gasteiger partial charge on any atom is -0.375 e. The van der Waals surface area contributed by atoms with Gasteiger partial charge in [-0.3, -0.25) is 9.59 Å². The van der Waals surface area contributed by atoms with Crippen molar-refractivity contribution in [2.24, 2.45) is 0 Å². The fraction of sp³-hybridized carbons (Fsp3) is 0.300. The molecular formula is C20H20BrNO3. The van der Waals surface area contributed by atoms with E-state index in [-0.39, 0.29) is 12.2 Å². The number of aryl methyl sites for hydroxylation is 2. The Balaban J connectivity index is 2.04. The molecule has 4 nitrogen and oxygen atoms in total. The summed E-state index contributed by atoms with van der Waals surface area (Å²) >= 11 is 3.38. The quantitative estimate of drug-likeness (QED) is 0.790. The number of hydrogen-bond acceptors (Lipinski definition) is 3. The number of ketones is 1. The van der Waals surface area contributed by atoms with E-state index in [9.17, 15) is 14.7 Å². The van der Waals surface area contributed by atoms with Crippen LogP contribution < -0.4 is 4.90 Å². The van der Waals surface area contributed by atoms with Gasteiger partial charge in [0.25, 0.3) is 5.91 Å². The van der Waals surface area contributed by atoms with Crippen LogP contribution in [0.4, 0.5) is 5.69 Å². The van der Waals surface area contributed by atoms with Gasteiger partial charge in [0, 0.05) is 22.1 Å². The Kier molecular flexibility index (Phi) is 4.56. The molecule has 3 rings (SSSR count).